The minimum Gasteiger partial charge on any atom is -0.492 e. The van der Waals surface area contributed by atoms with Gasteiger partial charge in [-0.3, -0.25) is 9.69 Å². The van der Waals surface area contributed by atoms with Gasteiger partial charge in [-0.25, -0.2) is 0 Å². The summed E-state index contributed by atoms with van der Waals surface area (Å²) >= 11 is 0. The molecule has 2 N–H and O–H groups in total. The molecule has 128 valence electrons. The first-order valence-electron chi connectivity index (χ1n) is 8.42. The fourth-order valence-electron chi connectivity index (χ4n) is 2.88. The van der Waals surface area contributed by atoms with Crippen LogP contribution < -0.4 is 10.1 Å². The minimum absolute atomic E-state index is 0.0419. The molecular formula is C18H28N2O3. The highest BCUT2D eigenvalue weighted by atomic mass is 16.5. The number of carbonyl (C=O) groups excluding carboxylic acids is 1. The molecule has 1 amide bonds. The predicted molar refractivity (Wildman–Crippen MR) is 90.5 cm³/mol. The standard InChI is InChI=1S/C18H28N2O3/c1-14-4-3-5-17(12-14)23-11-8-19-18(22)15(2)20-9-6-16(13-21)7-10-20/h3-5,12,15-16,21H,6-11,13H2,1-2H3,(H,19,22). The van der Waals surface area contributed by atoms with Gasteiger partial charge in [0.1, 0.15) is 12.4 Å². The Morgan fingerprint density at radius 2 is 2.17 bits per heavy atom. The topological polar surface area (TPSA) is 61.8 Å². The molecule has 2 rings (SSSR count). The zero-order chi connectivity index (χ0) is 16.7. The number of carbonyl (C=O) groups is 1. The van der Waals surface area contributed by atoms with Crippen LogP contribution in [0.3, 0.4) is 0 Å². The Kier molecular flexibility index (Phi) is 6.86. The van der Waals surface area contributed by atoms with Gasteiger partial charge in [-0.15, -0.1) is 0 Å². The van der Waals surface area contributed by atoms with Crippen molar-refractivity contribution in [1.29, 1.82) is 0 Å². The number of rotatable bonds is 7. The molecule has 0 saturated carbocycles. The summed E-state index contributed by atoms with van der Waals surface area (Å²) in [6.45, 7) is 6.94. The third-order valence-electron chi connectivity index (χ3n) is 4.49. The molecule has 1 aliphatic heterocycles. The van der Waals surface area contributed by atoms with Crippen LogP contribution in [0.1, 0.15) is 25.3 Å². The summed E-state index contributed by atoms with van der Waals surface area (Å²) in [5.41, 5.74) is 1.16. The van der Waals surface area contributed by atoms with E-state index >= 15 is 0 Å². The van der Waals surface area contributed by atoms with Crippen LogP contribution in [-0.4, -0.2) is 54.8 Å². The molecule has 0 spiro atoms. The van der Waals surface area contributed by atoms with Crippen molar-refractivity contribution < 1.29 is 14.6 Å². The third-order valence-corrected chi connectivity index (χ3v) is 4.49. The van der Waals surface area contributed by atoms with E-state index in [1.165, 1.54) is 0 Å². The number of aliphatic hydroxyl groups excluding tert-OH is 1. The lowest BCUT2D eigenvalue weighted by Crippen LogP contribution is -2.49. The fourth-order valence-corrected chi connectivity index (χ4v) is 2.88. The summed E-state index contributed by atoms with van der Waals surface area (Å²) in [4.78, 5) is 14.4. The Labute approximate surface area is 138 Å². The largest absolute Gasteiger partial charge is 0.492 e. The van der Waals surface area contributed by atoms with Gasteiger partial charge in [0, 0.05) is 6.61 Å². The van der Waals surface area contributed by atoms with Crippen molar-refractivity contribution in [1.82, 2.24) is 10.2 Å². The lowest BCUT2D eigenvalue weighted by atomic mass is 9.97. The smallest absolute Gasteiger partial charge is 0.237 e. The average Bonchev–Trinajstić information content (AvgIpc) is 2.58. The van der Waals surface area contributed by atoms with E-state index in [0.717, 1.165) is 37.2 Å². The van der Waals surface area contributed by atoms with E-state index in [-0.39, 0.29) is 18.6 Å². The van der Waals surface area contributed by atoms with Gasteiger partial charge in [0.25, 0.3) is 0 Å². The van der Waals surface area contributed by atoms with Gasteiger partial charge < -0.3 is 15.2 Å². The highest BCUT2D eigenvalue weighted by Crippen LogP contribution is 2.18. The Hall–Kier alpha value is -1.59. The van der Waals surface area contributed by atoms with Gasteiger partial charge in [-0.2, -0.15) is 0 Å². The Morgan fingerprint density at radius 3 is 2.83 bits per heavy atom. The van der Waals surface area contributed by atoms with Gasteiger partial charge >= 0.3 is 0 Å². The summed E-state index contributed by atoms with van der Waals surface area (Å²) in [5.74, 6) is 1.27. The predicted octanol–water partition coefficient (Wildman–Crippen LogP) is 1.58. The molecule has 5 heteroatoms. The maximum absolute atomic E-state index is 12.2. The molecule has 1 unspecified atom stereocenters. The molecule has 1 aromatic rings. The SMILES string of the molecule is Cc1cccc(OCCNC(=O)C(C)N2CCC(CO)CC2)c1. The molecule has 1 atom stereocenters. The monoisotopic (exact) mass is 320 g/mol. The molecule has 0 radical (unpaired) electrons. The number of likely N-dealkylation sites (tertiary alicyclic amines) is 1. The molecular weight excluding hydrogens is 292 g/mol. The van der Waals surface area contributed by atoms with Crippen LogP contribution in [0.5, 0.6) is 5.75 Å². The van der Waals surface area contributed by atoms with Gasteiger partial charge in [-0.1, -0.05) is 12.1 Å². The molecule has 23 heavy (non-hydrogen) atoms. The van der Waals surface area contributed by atoms with Crippen LogP contribution in [0.2, 0.25) is 0 Å². The number of hydrogen-bond donors (Lipinski definition) is 2. The van der Waals surface area contributed by atoms with Gasteiger partial charge in [0.2, 0.25) is 5.91 Å². The number of nitrogens with one attached hydrogen (secondary N) is 1. The van der Waals surface area contributed by atoms with Crippen molar-refractivity contribution in [3.63, 3.8) is 0 Å². The summed E-state index contributed by atoms with van der Waals surface area (Å²) in [5, 5.41) is 12.1. The van der Waals surface area contributed by atoms with Crippen molar-refractivity contribution >= 4 is 5.91 Å². The number of ether oxygens (including phenoxy) is 1. The van der Waals surface area contributed by atoms with Crippen molar-refractivity contribution in [2.75, 3.05) is 32.8 Å². The first-order valence-corrected chi connectivity index (χ1v) is 8.42. The quantitative estimate of drug-likeness (QED) is 0.749. The van der Waals surface area contributed by atoms with Crippen molar-refractivity contribution in [3.05, 3.63) is 29.8 Å². The number of benzene rings is 1. The van der Waals surface area contributed by atoms with E-state index in [2.05, 4.69) is 10.2 Å². The second-order valence-electron chi connectivity index (χ2n) is 6.29. The van der Waals surface area contributed by atoms with Crippen LogP contribution in [0.15, 0.2) is 24.3 Å². The number of piperidine rings is 1. The van der Waals surface area contributed by atoms with E-state index in [4.69, 9.17) is 9.84 Å². The molecule has 1 aromatic carbocycles. The van der Waals surface area contributed by atoms with Crippen molar-refractivity contribution in [3.8, 4) is 5.75 Å². The van der Waals surface area contributed by atoms with E-state index in [1.807, 2.05) is 38.1 Å². The summed E-state index contributed by atoms with van der Waals surface area (Å²) < 4.78 is 5.63. The summed E-state index contributed by atoms with van der Waals surface area (Å²) in [6.07, 6.45) is 1.93. The summed E-state index contributed by atoms with van der Waals surface area (Å²) in [6, 6.07) is 7.75. The minimum atomic E-state index is -0.131. The first-order chi connectivity index (χ1) is 11.1. The van der Waals surface area contributed by atoms with Gasteiger partial charge in [0.05, 0.1) is 12.6 Å². The lowest BCUT2D eigenvalue weighted by molar-refractivity contribution is -0.126. The third kappa shape index (κ3) is 5.52. The highest BCUT2D eigenvalue weighted by Gasteiger charge is 2.25. The maximum atomic E-state index is 12.2. The molecule has 1 heterocycles. The van der Waals surface area contributed by atoms with Crippen LogP contribution >= 0.6 is 0 Å². The first kappa shape index (κ1) is 17.8. The molecule has 1 saturated heterocycles. The zero-order valence-electron chi connectivity index (χ0n) is 14.1. The Bertz CT molecular complexity index is 499. The molecule has 1 fully saturated rings. The second kappa shape index (κ2) is 8.89. The number of hydrogen-bond acceptors (Lipinski definition) is 4. The Balaban J connectivity index is 1.66. The van der Waals surface area contributed by atoms with E-state index < -0.39 is 0 Å². The number of nitrogens with zero attached hydrogens (tertiary/aromatic N) is 1. The molecule has 1 aliphatic rings. The number of amides is 1. The van der Waals surface area contributed by atoms with Crippen LogP contribution in [0.4, 0.5) is 0 Å². The maximum Gasteiger partial charge on any atom is 0.237 e. The molecule has 0 aliphatic carbocycles. The molecule has 5 nitrogen and oxygen atoms in total. The molecule has 0 bridgehead atoms. The number of aliphatic hydroxyl groups is 1. The average molecular weight is 320 g/mol. The second-order valence-corrected chi connectivity index (χ2v) is 6.29. The van der Waals surface area contributed by atoms with E-state index in [1.54, 1.807) is 0 Å². The lowest BCUT2D eigenvalue weighted by Gasteiger charge is -2.34. The summed E-state index contributed by atoms with van der Waals surface area (Å²) in [7, 11) is 0. The van der Waals surface area contributed by atoms with Crippen LogP contribution in [-0.2, 0) is 4.79 Å². The van der Waals surface area contributed by atoms with Gasteiger partial charge in [0.15, 0.2) is 0 Å². The van der Waals surface area contributed by atoms with Gasteiger partial charge in [-0.05, 0) is 63.4 Å². The molecule has 0 aromatic heterocycles. The zero-order valence-corrected chi connectivity index (χ0v) is 14.1. The number of aryl methyl sites for hydroxylation is 1. The fraction of sp³-hybridized carbons (Fsp3) is 0.611. The van der Waals surface area contributed by atoms with Crippen LogP contribution in [0.25, 0.3) is 0 Å². The van der Waals surface area contributed by atoms with Crippen LogP contribution in [0, 0.1) is 12.8 Å². The van der Waals surface area contributed by atoms with E-state index in [9.17, 15) is 4.79 Å². The highest BCUT2D eigenvalue weighted by molar-refractivity contribution is 5.81. The van der Waals surface area contributed by atoms with Crippen molar-refractivity contribution in [2.45, 2.75) is 32.7 Å². The Morgan fingerprint density at radius 1 is 1.43 bits per heavy atom. The van der Waals surface area contributed by atoms with Crippen molar-refractivity contribution in [2.24, 2.45) is 5.92 Å². The van der Waals surface area contributed by atoms with E-state index in [0.29, 0.717) is 19.1 Å². The normalized spacial score (nSPS) is 17.7.